The number of benzene rings is 1. The maximum Gasteiger partial charge on any atom is 0.251 e. The molecule has 2 aliphatic heterocycles. The number of hydrogen-bond donors (Lipinski definition) is 2. The van der Waals surface area contributed by atoms with E-state index in [1.54, 1.807) is 0 Å². The summed E-state index contributed by atoms with van der Waals surface area (Å²) in [6, 6.07) is 8.92. The molecule has 0 radical (unpaired) electrons. The third-order valence-corrected chi connectivity index (χ3v) is 5.95. The number of amides is 1. The van der Waals surface area contributed by atoms with Gasteiger partial charge in [-0.05, 0) is 68.8 Å². The van der Waals surface area contributed by atoms with Crippen LogP contribution in [0.25, 0.3) is 0 Å². The highest BCUT2D eigenvalue weighted by molar-refractivity contribution is 7.80. The largest absolute Gasteiger partial charge is 0.362 e. The summed E-state index contributed by atoms with van der Waals surface area (Å²) in [4.78, 5) is 15.1. The van der Waals surface area contributed by atoms with Gasteiger partial charge in [-0.25, -0.2) is 0 Å². The topological polar surface area (TPSA) is 44.4 Å². The molecular formula is C21H31N3OS. The molecule has 0 aliphatic carbocycles. The van der Waals surface area contributed by atoms with Crippen molar-refractivity contribution >= 4 is 23.2 Å². The number of fused-ring (bicyclic) bond motifs is 2. The zero-order chi connectivity index (χ0) is 18.7. The fraction of sp³-hybridized carbons (Fsp3) is 0.619. The van der Waals surface area contributed by atoms with E-state index in [9.17, 15) is 4.79 Å². The molecule has 2 heterocycles. The molecule has 4 nitrogen and oxygen atoms in total. The zero-order valence-corrected chi connectivity index (χ0v) is 16.9. The number of rotatable bonds is 4. The van der Waals surface area contributed by atoms with Gasteiger partial charge in [0, 0.05) is 30.2 Å². The van der Waals surface area contributed by atoms with E-state index in [1.165, 1.54) is 6.42 Å². The molecule has 1 aromatic rings. The first kappa shape index (κ1) is 19.2. The van der Waals surface area contributed by atoms with Crippen molar-refractivity contribution in [3.8, 4) is 0 Å². The van der Waals surface area contributed by atoms with Gasteiger partial charge in [0.25, 0.3) is 5.91 Å². The van der Waals surface area contributed by atoms with E-state index in [4.69, 9.17) is 12.2 Å². The van der Waals surface area contributed by atoms with Gasteiger partial charge in [0.2, 0.25) is 0 Å². The van der Waals surface area contributed by atoms with Gasteiger partial charge in [0.15, 0.2) is 5.11 Å². The summed E-state index contributed by atoms with van der Waals surface area (Å²) in [5.41, 5.74) is 1.82. The van der Waals surface area contributed by atoms with Crippen LogP contribution in [-0.4, -0.2) is 40.6 Å². The summed E-state index contributed by atoms with van der Waals surface area (Å²) in [6.07, 6.45) is 5.56. The first-order valence-electron chi connectivity index (χ1n) is 9.88. The van der Waals surface area contributed by atoms with E-state index in [0.29, 0.717) is 18.0 Å². The van der Waals surface area contributed by atoms with E-state index in [1.807, 2.05) is 31.2 Å². The van der Waals surface area contributed by atoms with Gasteiger partial charge in [-0.3, -0.25) is 4.79 Å². The number of hydrogen-bond acceptors (Lipinski definition) is 2. The molecule has 2 N–H and O–H groups in total. The van der Waals surface area contributed by atoms with Gasteiger partial charge < -0.3 is 15.5 Å². The molecule has 2 fully saturated rings. The predicted molar refractivity (Wildman–Crippen MR) is 110 cm³/mol. The molecule has 2 saturated heterocycles. The Morgan fingerprint density at radius 2 is 1.88 bits per heavy atom. The molecule has 3 rings (SSSR count). The van der Waals surface area contributed by atoms with Gasteiger partial charge in [-0.1, -0.05) is 32.0 Å². The first-order chi connectivity index (χ1) is 12.5. The minimum atomic E-state index is 0.0557. The van der Waals surface area contributed by atoms with Gasteiger partial charge in [-0.2, -0.15) is 0 Å². The molecule has 142 valence electrons. The highest BCUT2D eigenvalue weighted by Crippen LogP contribution is 2.34. The lowest BCUT2D eigenvalue weighted by atomic mass is 9.82. The van der Waals surface area contributed by atoms with Crippen LogP contribution < -0.4 is 10.6 Å². The predicted octanol–water partition coefficient (Wildman–Crippen LogP) is 3.64. The Hall–Kier alpha value is -1.62. The van der Waals surface area contributed by atoms with E-state index in [-0.39, 0.29) is 11.9 Å². The fourth-order valence-electron chi connectivity index (χ4n) is 4.30. The molecule has 3 atom stereocenters. The number of carbonyl (C=O) groups excluding carboxylic acids is 1. The van der Waals surface area contributed by atoms with Crippen LogP contribution in [0.4, 0.5) is 0 Å². The Morgan fingerprint density at radius 1 is 1.23 bits per heavy atom. The van der Waals surface area contributed by atoms with E-state index in [0.717, 1.165) is 48.5 Å². The van der Waals surface area contributed by atoms with Crippen molar-refractivity contribution in [3.63, 3.8) is 0 Å². The van der Waals surface area contributed by atoms with Gasteiger partial charge in [-0.15, -0.1) is 0 Å². The Kier molecular flexibility index (Phi) is 6.17. The normalized spacial score (nSPS) is 25.1. The summed E-state index contributed by atoms with van der Waals surface area (Å²) in [7, 11) is 0. The summed E-state index contributed by atoms with van der Waals surface area (Å²) >= 11 is 5.69. The molecular weight excluding hydrogens is 342 g/mol. The number of piperidine rings is 2. The summed E-state index contributed by atoms with van der Waals surface area (Å²) < 4.78 is 0. The standard InChI is InChI=1S/C21H31N3OS/c1-14(2)13-22-21(26)24-17-8-6-9-18(24)12-16(11-17)23-20(25)19-10-5-4-7-15(19)3/h4-5,7,10,14,16-18H,6,8-9,11-13H2,1-3H3,(H,22,26)(H,23,25)/t16?,17-,18+. The molecule has 2 aliphatic rings. The second-order valence-electron chi connectivity index (χ2n) is 8.18. The summed E-state index contributed by atoms with van der Waals surface area (Å²) in [5, 5.41) is 7.62. The SMILES string of the molecule is Cc1ccccc1C(=O)NC1C[C@H]2CCC[C@@H](C1)N2C(=S)NCC(C)C. The van der Waals surface area contributed by atoms with Crippen molar-refractivity contribution in [3.05, 3.63) is 35.4 Å². The monoisotopic (exact) mass is 373 g/mol. The molecule has 0 spiro atoms. The molecule has 0 aromatic heterocycles. The Labute approximate surface area is 162 Å². The molecule has 0 saturated carbocycles. The van der Waals surface area contributed by atoms with Crippen LogP contribution in [0, 0.1) is 12.8 Å². The van der Waals surface area contributed by atoms with E-state index < -0.39 is 0 Å². The first-order valence-corrected chi connectivity index (χ1v) is 10.3. The van der Waals surface area contributed by atoms with Crippen LogP contribution >= 0.6 is 12.2 Å². The van der Waals surface area contributed by atoms with Crippen molar-refractivity contribution in [2.24, 2.45) is 5.92 Å². The number of nitrogens with one attached hydrogen (secondary N) is 2. The fourth-order valence-corrected chi connectivity index (χ4v) is 4.69. The minimum Gasteiger partial charge on any atom is -0.362 e. The van der Waals surface area contributed by atoms with Crippen LogP contribution in [0.2, 0.25) is 0 Å². The van der Waals surface area contributed by atoms with Crippen LogP contribution in [-0.2, 0) is 0 Å². The van der Waals surface area contributed by atoms with E-state index >= 15 is 0 Å². The van der Waals surface area contributed by atoms with Crippen LogP contribution in [0.1, 0.15) is 61.9 Å². The van der Waals surface area contributed by atoms with Crippen molar-refractivity contribution in [2.75, 3.05) is 6.54 Å². The van der Waals surface area contributed by atoms with Crippen molar-refractivity contribution in [1.82, 2.24) is 15.5 Å². The molecule has 1 aromatic carbocycles. The van der Waals surface area contributed by atoms with Crippen molar-refractivity contribution < 1.29 is 4.79 Å². The van der Waals surface area contributed by atoms with Crippen molar-refractivity contribution in [1.29, 1.82) is 0 Å². The maximum absolute atomic E-state index is 12.7. The quantitative estimate of drug-likeness (QED) is 0.791. The second kappa shape index (κ2) is 8.38. The maximum atomic E-state index is 12.7. The highest BCUT2D eigenvalue weighted by Gasteiger charge is 2.40. The molecule has 5 heteroatoms. The average Bonchev–Trinajstić information content (AvgIpc) is 2.59. The van der Waals surface area contributed by atoms with Crippen LogP contribution in [0.15, 0.2) is 24.3 Å². The third-order valence-electron chi connectivity index (χ3n) is 5.60. The smallest absolute Gasteiger partial charge is 0.251 e. The lowest BCUT2D eigenvalue weighted by molar-refractivity contribution is 0.0739. The highest BCUT2D eigenvalue weighted by atomic mass is 32.1. The summed E-state index contributed by atoms with van der Waals surface area (Å²) in [6.45, 7) is 7.31. The number of carbonyl (C=O) groups is 1. The van der Waals surface area contributed by atoms with Gasteiger partial charge in [0.05, 0.1) is 0 Å². The Morgan fingerprint density at radius 3 is 2.50 bits per heavy atom. The number of thiocarbonyl (C=S) groups is 1. The van der Waals surface area contributed by atoms with Crippen LogP contribution in [0.5, 0.6) is 0 Å². The molecule has 2 bridgehead atoms. The lowest BCUT2D eigenvalue weighted by Gasteiger charge is -2.50. The van der Waals surface area contributed by atoms with Gasteiger partial charge >= 0.3 is 0 Å². The second-order valence-corrected chi connectivity index (χ2v) is 8.57. The average molecular weight is 374 g/mol. The van der Waals surface area contributed by atoms with Crippen LogP contribution in [0.3, 0.4) is 0 Å². The van der Waals surface area contributed by atoms with Gasteiger partial charge in [0.1, 0.15) is 0 Å². The lowest BCUT2D eigenvalue weighted by Crippen LogP contribution is -2.61. The number of aryl methyl sites for hydroxylation is 1. The Balaban J connectivity index is 1.63. The molecule has 26 heavy (non-hydrogen) atoms. The third kappa shape index (κ3) is 4.37. The van der Waals surface area contributed by atoms with E-state index in [2.05, 4.69) is 29.4 Å². The molecule has 1 amide bonds. The Bertz CT molecular complexity index is 646. The van der Waals surface area contributed by atoms with Crippen molar-refractivity contribution in [2.45, 2.75) is 71.0 Å². The minimum absolute atomic E-state index is 0.0557. The molecule has 1 unspecified atom stereocenters. The number of nitrogens with zero attached hydrogens (tertiary/aromatic N) is 1. The zero-order valence-electron chi connectivity index (χ0n) is 16.1. The summed E-state index contributed by atoms with van der Waals surface area (Å²) in [5.74, 6) is 0.638.